The molecule has 0 radical (unpaired) electrons. The van der Waals surface area contributed by atoms with Crippen molar-refractivity contribution in [2.45, 2.75) is 38.5 Å². The molecular formula is C16H22F2N2O. The predicted molar refractivity (Wildman–Crippen MR) is 77.6 cm³/mol. The molecule has 2 heterocycles. The van der Waals surface area contributed by atoms with Gasteiger partial charge >= 0.3 is 6.61 Å². The van der Waals surface area contributed by atoms with Gasteiger partial charge in [-0.1, -0.05) is 12.1 Å². The summed E-state index contributed by atoms with van der Waals surface area (Å²) in [6.45, 7) is 2.83. The molecule has 0 saturated carbocycles. The van der Waals surface area contributed by atoms with Crippen LogP contribution in [0.25, 0.3) is 0 Å². The monoisotopic (exact) mass is 296 g/mol. The molecule has 21 heavy (non-hydrogen) atoms. The van der Waals surface area contributed by atoms with Gasteiger partial charge in [0.2, 0.25) is 0 Å². The molecule has 5 heteroatoms. The Morgan fingerprint density at radius 2 is 1.86 bits per heavy atom. The van der Waals surface area contributed by atoms with Gasteiger partial charge in [0.1, 0.15) is 5.75 Å². The van der Waals surface area contributed by atoms with Crippen molar-refractivity contribution in [3.05, 3.63) is 29.8 Å². The Morgan fingerprint density at radius 1 is 1.10 bits per heavy atom. The van der Waals surface area contributed by atoms with Crippen LogP contribution in [0, 0.1) is 0 Å². The zero-order valence-electron chi connectivity index (χ0n) is 12.2. The molecule has 0 unspecified atom stereocenters. The highest BCUT2D eigenvalue weighted by atomic mass is 19.3. The molecule has 2 saturated heterocycles. The van der Waals surface area contributed by atoms with Gasteiger partial charge in [-0.05, 0) is 56.6 Å². The van der Waals surface area contributed by atoms with Gasteiger partial charge in [0.15, 0.2) is 0 Å². The van der Waals surface area contributed by atoms with Gasteiger partial charge in [0, 0.05) is 19.1 Å². The second-order valence-electron chi connectivity index (χ2n) is 5.94. The largest absolute Gasteiger partial charge is 0.435 e. The third kappa shape index (κ3) is 3.92. The van der Waals surface area contributed by atoms with Crippen LogP contribution in [0.1, 0.15) is 24.8 Å². The highest BCUT2D eigenvalue weighted by Crippen LogP contribution is 2.23. The van der Waals surface area contributed by atoms with Gasteiger partial charge < -0.3 is 4.74 Å². The fourth-order valence-electron chi connectivity index (χ4n) is 3.46. The van der Waals surface area contributed by atoms with Crippen LogP contribution in [0.4, 0.5) is 8.78 Å². The second kappa shape index (κ2) is 6.71. The minimum Gasteiger partial charge on any atom is -0.435 e. The van der Waals surface area contributed by atoms with Gasteiger partial charge in [-0.2, -0.15) is 8.78 Å². The lowest BCUT2D eigenvalue weighted by molar-refractivity contribution is -0.0498. The average molecular weight is 296 g/mol. The molecule has 0 N–H and O–H groups in total. The summed E-state index contributed by atoms with van der Waals surface area (Å²) in [5.74, 6) is 0.228. The van der Waals surface area contributed by atoms with Crippen LogP contribution in [0.2, 0.25) is 0 Å². The van der Waals surface area contributed by atoms with Crippen LogP contribution in [0.15, 0.2) is 24.3 Å². The number of ether oxygens (including phenoxy) is 1. The van der Waals surface area contributed by atoms with Crippen molar-refractivity contribution in [1.82, 2.24) is 9.80 Å². The Kier molecular flexibility index (Phi) is 4.70. The van der Waals surface area contributed by atoms with Gasteiger partial charge in [-0.3, -0.25) is 9.80 Å². The quantitative estimate of drug-likeness (QED) is 0.849. The van der Waals surface area contributed by atoms with Crippen LogP contribution in [-0.2, 0) is 6.54 Å². The van der Waals surface area contributed by atoms with Crippen molar-refractivity contribution in [1.29, 1.82) is 0 Å². The summed E-state index contributed by atoms with van der Waals surface area (Å²) in [5, 5.41) is 0. The second-order valence-corrected chi connectivity index (χ2v) is 5.94. The molecule has 0 aliphatic carbocycles. The predicted octanol–water partition coefficient (Wildman–Crippen LogP) is 2.96. The first-order chi connectivity index (χ1) is 10.2. The van der Waals surface area contributed by atoms with E-state index in [1.54, 1.807) is 12.1 Å². The van der Waals surface area contributed by atoms with Crippen LogP contribution in [0.3, 0.4) is 0 Å². The minimum absolute atomic E-state index is 0.228. The number of nitrogens with zero attached hydrogens (tertiary/aromatic N) is 2. The standard InChI is InChI=1S/C16H22F2N2O/c17-16(18)21-15-6-4-13(5-7-15)11-19-8-2-10-20-9-1-3-14(20)12-19/h4-7,14,16H,1-3,8-12H2/t14-/m1/s1. The Balaban J connectivity index is 1.57. The lowest BCUT2D eigenvalue weighted by atomic mass is 10.1. The van der Waals surface area contributed by atoms with Gasteiger partial charge in [-0.15, -0.1) is 0 Å². The normalized spacial score (nSPS) is 24.0. The van der Waals surface area contributed by atoms with E-state index in [4.69, 9.17) is 0 Å². The van der Waals surface area contributed by atoms with E-state index < -0.39 is 6.61 Å². The van der Waals surface area contributed by atoms with Gasteiger partial charge in [0.25, 0.3) is 0 Å². The molecule has 0 bridgehead atoms. The molecule has 3 nitrogen and oxygen atoms in total. The minimum atomic E-state index is -2.75. The first kappa shape index (κ1) is 14.7. The number of alkyl halides is 2. The number of fused-ring (bicyclic) bond motifs is 1. The van der Waals surface area contributed by atoms with E-state index in [0.717, 1.165) is 25.2 Å². The van der Waals surface area contributed by atoms with E-state index in [-0.39, 0.29) is 5.75 Å². The molecule has 0 spiro atoms. The first-order valence-electron chi connectivity index (χ1n) is 7.71. The summed E-state index contributed by atoms with van der Waals surface area (Å²) < 4.78 is 28.6. The summed E-state index contributed by atoms with van der Waals surface area (Å²) in [7, 11) is 0. The van der Waals surface area contributed by atoms with E-state index in [9.17, 15) is 8.78 Å². The first-order valence-corrected chi connectivity index (χ1v) is 7.71. The van der Waals surface area contributed by atoms with E-state index in [0.29, 0.717) is 6.04 Å². The highest BCUT2D eigenvalue weighted by molar-refractivity contribution is 5.27. The molecule has 1 aromatic carbocycles. The maximum absolute atomic E-state index is 12.1. The molecular weight excluding hydrogens is 274 g/mol. The molecule has 2 fully saturated rings. The summed E-state index contributed by atoms with van der Waals surface area (Å²) in [6.07, 6.45) is 3.83. The fraction of sp³-hybridized carbons (Fsp3) is 0.625. The number of rotatable bonds is 4. The van der Waals surface area contributed by atoms with Crippen molar-refractivity contribution in [3.8, 4) is 5.75 Å². The molecule has 2 aliphatic heterocycles. The lowest BCUT2D eigenvalue weighted by Crippen LogP contribution is -2.36. The third-order valence-corrected chi connectivity index (χ3v) is 4.44. The average Bonchev–Trinajstić information content (AvgIpc) is 2.79. The molecule has 3 rings (SSSR count). The van der Waals surface area contributed by atoms with Crippen molar-refractivity contribution in [2.75, 3.05) is 26.2 Å². The number of halogens is 2. The SMILES string of the molecule is FC(F)Oc1ccc(CN2CCCN3CCC[C@@H]3C2)cc1. The summed E-state index contributed by atoms with van der Waals surface area (Å²) in [5.41, 5.74) is 1.16. The van der Waals surface area contributed by atoms with Crippen LogP contribution < -0.4 is 4.74 Å². The molecule has 1 atom stereocenters. The Morgan fingerprint density at radius 3 is 2.62 bits per heavy atom. The highest BCUT2D eigenvalue weighted by Gasteiger charge is 2.28. The third-order valence-electron chi connectivity index (χ3n) is 4.44. The van der Waals surface area contributed by atoms with Gasteiger partial charge in [-0.25, -0.2) is 0 Å². The molecule has 2 aliphatic rings. The smallest absolute Gasteiger partial charge is 0.387 e. The molecule has 0 aromatic heterocycles. The summed E-state index contributed by atoms with van der Waals surface area (Å²) in [4.78, 5) is 5.10. The zero-order valence-corrected chi connectivity index (χ0v) is 12.2. The van der Waals surface area contributed by atoms with Gasteiger partial charge in [0.05, 0.1) is 0 Å². The Labute approximate surface area is 124 Å². The van der Waals surface area contributed by atoms with Crippen molar-refractivity contribution in [3.63, 3.8) is 0 Å². The molecule has 116 valence electrons. The van der Waals surface area contributed by atoms with E-state index in [2.05, 4.69) is 14.5 Å². The fourth-order valence-corrected chi connectivity index (χ4v) is 3.46. The lowest BCUT2D eigenvalue weighted by Gasteiger charge is -2.25. The summed E-state index contributed by atoms with van der Waals surface area (Å²) >= 11 is 0. The maximum atomic E-state index is 12.1. The van der Waals surface area contributed by atoms with Crippen LogP contribution >= 0.6 is 0 Å². The van der Waals surface area contributed by atoms with Crippen molar-refractivity contribution in [2.24, 2.45) is 0 Å². The number of hydrogen-bond acceptors (Lipinski definition) is 3. The van der Waals surface area contributed by atoms with Crippen molar-refractivity contribution < 1.29 is 13.5 Å². The van der Waals surface area contributed by atoms with Crippen molar-refractivity contribution >= 4 is 0 Å². The summed E-state index contributed by atoms with van der Waals surface area (Å²) in [6, 6.07) is 7.72. The number of benzene rings is 1. The topological polar surface area (TPSA) is 15.7 Å². The van der Waals surface area contributed by atoms with Crippen LogP contribution in [0.5, 0.6) is 5.75 Å². The Hall–Kier alpha value is -1.20. The van der Waals surface area contributed by atoms with Crippen LogP contribution in [-0.4, -0.2) is 48.6 Å². The molecule has 1 aromatic rings. The van der Waals surface area contributed by atoms with E-state index in [1.807, 2.05) is 12.1 Å². The zero-order chi connectivity index (χ0) is 14.7. The maximum Gasteiger partial charge on any atom is 0.387 e. The number of hydrogen-bond donors (Lipinski definition) is 0. The Bertz CT molecular complexity index is 452. The van der Waals surface area contributed by atoms with E-state index in [1.165, 1.54) is 32.4 Å². The van der Waals surface area contributed by atoms with E-state index >= 15 is 0 Å². The molecule has 0 amide bonds.